The van der Waals surface area contributed by atoms with E-state index < -0.39 is 0 Å². The second kappa shape index (κ2) is 9.59. The Morgan fingerprint density at radius 2 is 1.74 bits per heavy atom. The van der Waals surface area contributed by atoms with Gasteiger partial charge in [-0.1, -0.05) is 39.8 Å². The Labute approximate surface area is 141 Å². The van der Waals surface area contributed by atoms with Crippen molar-refractivity contribution < 1.29 is 14.3 Å². The fourth-order valence-corrected chi connectivity index (χ4v) is 3.06. The van der Waals surface area contributed by atoms with Crippen LogP contribution >= 0.6 is 0 Å². The average molecular weight is 320 g/mol. The number of benzene rings is 1. The molecule has 2 unspecified atom stereocenters. The molecule has 0 amide bonds. The highest BCUT2D eigenvalue weighted by atomic mass is 16.5. The van der Waals surface area contributed by atoms with Crippen LogP contribution in [0.25, 0.3) is 0 Å². The summed E-state index contributed by atoms with van der Waals surface area (Å²) >= 11 is 0. The molecule has 3 nitrogen and oxygen atoms in total. The summed E-state index contributed by atoms with van der Waals surface area (Å²) in [5, 5.41) is 0. The van der Waals surface area contributed by atoms with E-state index in [1.54, 1.807) is 7.11 Å². The predicted octanol–water partition coefficient (Wildman–Crippen LogP) is 4.74. The summed E-state index contributed by atoms with van der Waals surface area (Å²) in [6.45, 7) is 8.55. The summed E-state index contributed by atoms with van der Waals surface area (Å²) in [4.78, 5) is 11.3. The van der Waals surface area contributed by atoms with Crippen molar-refractivity contribution in [3.8, 4) is 5.75 Å². The van der Waals surface area contributed by atoms with Crippen LogP contribution in [0.1, 0.15) is 46.1 Å². The van der Waals surface area contributed by atoms with E-state index in [1.165, 1.54) is 25.5 Å². The lowest BCUT2D eigenvalue weighted by atomic mass is 9.67. The number of hydrogen-bond donors (Lipinski definition) is 0. The van der Waals surface area contributed by atoms with Crippen LogP contribution in [0.5, 0.6) is 5.75 Å². The Morgan fingerprint density at radius 3 is 2.13 bits per heavy atom. The summed E-state index contributed by atoms with van der Waals surface area (Å²) in [5.74, 6) is 3.00. The van der Waals surface area contributed by atoms with Gasteiger partial charge in [0.05, 0.1) is 20.1 Å². The number of esters is 1. The molecule has 0 N–H and O–H groups in total. The second-order valence-electron chi connectivity index (χ2n) is 6.71. The molecular weight excluding hydrogens is 288 g/mol. The van der Waals surface area contributed by atoms with E-state index in [0.717, 1.165) is 24.0 Å². The Balaban J connectivity index is 0.000000238. The van der Waals surface area contributed by atoms with Gasteiger partial charge in [0.2, 0.25) is 0 Å². The van der Waals surface area contributed by atoms with Crippen molar-refractivity contribution in [2.45, 2.75) is 47.0 Å². The van der Waals surface area contributed by atoms with Crippen LogP contribution in [0.4, 0.5) is 0 Å². The van der Waals surface area contributed by atoms with Crippen LogP contribution in [0.15, 0.2) is 24.3 Å². The Kier molecular flexibility index (Phi) is 8.15. The van der Waals surface area contributed by atoms with Crippen LogP contribution in [-0.4, -0.2) is 20.2 Å². The van der Waals surface area contributed by atoms with E-state index in [0.29, 0.717) is 5.92 Å². The third kappa shape index (κ3) is 5.89. The normalized spacial score (nSPS) is 22.0. The minimum absolute atomic E-state index is 0.0579. The molecular formula is C20H32O3. The van der Waals surface area contributed by atoms with Crippen molar-refractivity contribution in [2.75, 3.05) is 14.2 Å². The van der Waals surface area contributed by atoms with Crippen molar-refractivity contribution >= 4 is 5.97 Å². The molecule has 0 aromatic heterocycles. The van der Waals surface area contributed by atoms with E-state index in [9.17, 15) is 4.79 Å². The SMILES string of the molecule is CCc1ccc(OC)cc1.COC(=O)C(C)C(C)C1CC(C)C1. The fourth-order valence-electron chi connectivity index (χ4n) is 3.06. The van der Waals surface area contributed by atoms with Crippen molar-refractivity contribution in [2.24, 2.45) is 23.7 Å². The Bertz CT molecular complexity index is 437. The molecule has 1 aliphatic rings. The van der Waals surface area contributed by atoms with Crippen molar-refractivity contribution in [3.05, 3.63) is 29.8 Å². The van der Waals surface area contributed by atoms with E-state index in [-0.39, 0.29) is 11.9 Å². The lowest BCUT2D eigenvalue weighted by Gasteiger charge is -2.39. The standard InChI is InChI=1S/C11H20O2.C9H12O/c1-7-5-10(6-7)8(2)9(3)11(12)13-4;1-3-8-4-6-9(10-2)7-5-8/h7-10H,5-6H2,1-4H3;4-7H,3H2,1-2H3. The largest absolute Gasteiger partial charge is 0.497 e. The smallest absolute Gasteiger partial charge is 0.308 e. The van der Waals surface area contributed by atoms with Crippen LogP contribution in [0.2, 0.25) is 0 Å². The van der Waals surface area contributed by atoms with Crippen molar-refractivity contribution in [1.82, 2.24) is 0 Å². The van der Waals surface area contributed by atoms with Gasteiger partial charge < -0.3 is 9.47 Å². The number of carbonyl (C=O) groups is 1. The summed E-state index contributed by atoms with van der Waals surface area (Å²) in [6.07, 6.45) is 3.65. The number of methoxy groups -OCH3 is 2. The Hall–Kier alpha value is -1.51. The second-order valence-corrected chi connectivity index (χ2v) is 6.71. The third-order valence-electron chi connectivity index (χ3n) is 5.08. The first-order valence-electron chi connectivity index (χ1n) is 8.63. The van der Waals surface area contributed by atoms with Gasteiger partial charge in [0.25, 0.3) is 0 Å². The number of aryl methyl sites for hydroxylation is 1. The molecule has 1 fully saturated rings. The van der Waals surface area contributed by atoms with Gasteiger partial charge >= 0.3 is 5.97 Å². The molecule has 0 heterocycles. The molecule has 3 heteroatoms. The van der Waals surface area contributed by atoms with Gasteiger partial charge in [-0.15, -0.1) is 0 Å². The maximum Gasteiger partial charge on any atom is 0.308 e. The lowest BCUT2D eigenvalue weighted by Crippen LogP contribution is -2.33. The van der Waals surface area contributed by atoms with Crippen LogP contribution < -0.4 is 4.74 Å². The fraction of sp³-hybridized carbons (Fsp3) is 0.650. The van der Waals surface area contributed by atoms with Crippen LogP contribution in [0, 0.1) is 23.7 Å². The minimum atomic E-state index is -0.0629. The number of ether oxygens (including phenoxy) is 2. The van der Waals surface area contributed by atoms with Gasteiger partial charge in [0, 0.05) is 0 Å². The van der Waals surface area contributed by atoms with Gasteiger partial charge in [-0.05, 0) is 54.7 Å². The van der Waals surface area contributed by atoms with Gasteiger partial charge in [-0.25, -0.2) is 0 Å². The Morgan fingerprint density at radius 1 is 1.17 bits per heavy atom. The zero-order chi connectivity index (χ0) is 17.4. The molecule has 0 aliphatic heterocycles. The average Bonchev–Trinajstić information content (AvgIpc) is 2.57. The molecule has 1 aromatic carbocycles. The zero-order valence-corrected chi connectivity index (χ0v) is 15.5. The highest BCUT2D eigenvalue weighted by Gasteiger charge is 2.35. The lowest BCUT2D eigenvalue weighted by molar-refractivity contribution is -0.148. The van der Waals surface area contributed by atoms with Crippen LogP contribution in [0.3, 0.4) is 0 Å². The summed E-state index contributed by atoms with van der Waals surface area (Å²) in [5.41, 5.74) is 1.35. The van der Waals surface area contributed by atoms with E-state index in [1.807, 2.05) is 19.1 Å². The highest BCUT2D eigenvalue weighted by molar-refractivity contribution is 5.72. The summed E-state index contributed by atoms with van der Waals surface area (Å²) in [7, 11) is 3.15. The number of rotatable bonds is 5. The van der Waals surface area contributed by atoms with Crippen LogP contribution in [-0.2, 0) is 16.0 Å². The molecule has 130 valence electrons. The van der Waals surface area contributed by atoms with Gasteiger partial charge in [0.1, 0.15) is 5.75 Å². The van der Waals surface area contributed by atoms with Gasteiger partial charge in [0.15, 0.2) is 0 Å². The maximum atomic E-state index is 11.3. The number of hydrogen-bond acceptors (Lipinski definition) is 3. The first kappa shape index (κ1) is 19.5. The monoisotopic (exact) mass is 320 g/mol. The molecule has 0 bridgehead atoms. The molecule has 1 saturated carbocycles. The maximum absolute atomic E-state index is 11.3. The minimum Gasteiger partial charge on any atom is -0.497 e. The summed E-state index contributed by atoms with van der Waals surface area (Å²) < 4.78 is 9.75. The first-order valence-corrected chi connectivity index (χ1v) is 8.63. The zero-order valence-electron chi connectivity index (χ0n) is 15.5. The molecule has 2 rings (SSSR count). The molecule has 23 heavy (non-hydrogen) atoms. The van der Waals surface area contributed by atoms with E-state index in [4.69, 9.17) is 9.47 Å². The molecule has 0 saturated heterocycles. The first-order chi connectivity index (χ1) is 10.9. The van der Waals surface area contributed by atoms with Crippen molar-refractivity contribution in [3.63, 3.8) is 0 Å². The third-order valence-corrected chi connectivity index (χ3v) is 5.08. The molecule has 0 spiro atoms. The predicted molar refractivity (Wildman–Crippen MR) is 94.6 cm³/mol. The molecule has 1 aromatic rings. The van der Waals surface area contributed by atoms with E-state index in [2.05, 4.69) is 32.9 Å². The molecule has 1 aliphatic carbocycles. The molecule has 2 atom stereocenters. The topological polar surface area (TPSA) is 35.5 Å². The molecule has 0 radical (unpaired) electrons. The quantitative estimate of drug-likeness (QED) is 0.735. The van der Waals surface area contributed by atoms with Crippen molar-refractivity contribution in [1.29, 1.82) is 0 Å². The van der Waals surface area contributed by atoms with E-state index >= 15 is 0 Å². The van der Waals surface area contributed by atoms with Gasteiger partial charge in [-0.2, -0.15) is 0 Å². The number of carbonyl (C=O) groups excluding carboxylic acids is 1. The van der Waals surface area contributed by atoms with Gasteiger partial charge in [-0.3, -0.25) is 4.79 Å². The highest BCUT2D eigenvalue weighted by Crippen LogP contribution is 2.41. The summed E-state index contributed by atoms with van der Waals surface area (Å²) in [6, 6.07) is 8.13.